The third-order valence-electron chi connectivity index (χ3n) is 3.99. The van der Waals surface area contributed by atoms with Gasteiger partial charge in [-0.05, 0) is 0 Å². The van der Waals surface area contributed by atoms with Crippen molar-refractivity contribution in [2.45, 2.75) is 18.5 Å². The van der Waals surface area contributed by atoms with E-state index < -0.39 is 57.7 Å². The largest absolute Gasteiger partial charge is 1.00 e. The van der Waals surface area contributed by atoms with E-state index in [9.17, 15) is 32.1 Å². The standard InChI is InChI=1S/C15H17Cl2N5O9S2.Na/c1-30-21-11(7-6-32-15(18-7)19-9(23)4-16)13(25)20-12-8(2-3-31-10(24)5-17)22(14(12)26)33(27,28)29;/h6,8,12H,2-5H2,1H3,(H,20,25)(H,18,19,23)(H,27,28,29);/q;+1/p-1/t8-,12+;/m1./s1. The first-order valence-electron chi connectivity index (χ1n) is 8.77. The minimum absolute atomic E-state index is 0. The zero-order chi connectivity index (χ0) is 24.8. The number of amides is 3. The number of nitrogens with one attached hydrogen (secondary N) is 2. The van der Waals surface area contributed by atoms with E-state index in [-0.39, 0.29) is 63.6 Å². The van der Waals surface area contributed by atoms with Gasteiger partial charge in [-0.3, -0.25) is 19.2 Å². The number of esters is 1. The Hall–Kier alpha value is -1.53. The number of carbonyl (C=O) groups is 4. The minimum atomic E-state index is -5.18. The molecule has 1 aliphatic heterocycles. The van der Waals surface area contributed by atoms with E-state index in [4.69, 9.17) is 27.9 Å². The van der Waals surface area contributed by atoms with Crippen LogP contribution in [0, 0.1) is 0 Å². The molecule has 0 unspecified atom stereocenters. The summed E-state index contributed by atoms with van der Waals surface area (Å²) in [4.78, 5) is 56.1. The fourth-order valence-corrected chi connectivity index (χ4v) is 4.41. The summed E-state index contributed by atoms with van der Waals surface area (Å²) in [6, 6.07) is -2.75. The maximum absolute atomic E-state index is 12.7. The molecule has 1 fully saturated rings. The van der Waals surface area contributed by atoms with Crippen LogP contribution >= 0.6 is 34.5 Å². The molecule has 2 N–H and O–H groups in total. The van der Waals surface area contributed by atoms with Gasteiger partial charge in [0.25, 0.3) is 11.8 Å². The average molecular weight is 568 g/mol. The Morgan fingerprint density at radius 1 is 1.32 bits per heavy atom. The Kier molecular flexibility index (Phi) is 12.1. The Bertz CT molecular complexity index is 1070. The molecule has 2 atom stereocenters. The number of halogens is 2. The van der Waals surface area contributed by atoms with Gasteiger partial charge in [-0.2, -0.15) is 0 Å². The maximum atomic E-state index is 12.7. The molecule has 182 valence electrons. The molecule has 0 saturated carbocycles. The number of alkyl halides is 2. The number of aromatic nitrogens is 1. The van der Waals surface area contributed by atoms with Gasteiger partial charge in [0.05, 0.1) is 12.6 Å². The second kappa shape index (κ2) is 13.5. The van der Waals surface area contributed by atoms with Gasteiger partial charge >= 0.3 is 35.5 Å². The molecule has 34 heavy (non-hydrogen) atoms. The van der Waals surface area contributed by atoms with Crippen LogP contribution in [0.1, 0.15) is 12.1 Å². The summed E-state index contributed by atoms with van der Waals surface area (Å²) >= 11 is 11.7. The fraction of sp³-hybridized carbons (Fsp3) is 0.467. The molecule has 19 heteroatoms. The molecule has 0 spiro atoms. The summed E-state index contributed by atoms with van der Waals surface area (Å²) in [7, 11) is -4.04. The van der Waals surface area contributed by atoms with Crippen molar-refractivity contribution in [3.05, 3.63) is 11.1 Å². The van der Waals surface area contributed by atoms with Crippen LogP contribution in [0.25, 0.3) is 0 Å². The van der Waals surface area contributed by atoms with Gasteiger partial charge in [0.2, 0.25) is 5.91 Å². The SMILES string of the molecule is CON=C(C(=O)N[C@@H]1C(=O)N(S(=O)(=O)[O-])[C@@H]1CCOC(=O)CCl)c1csc(NC(=O)CCl)n1.[Na+]. The predicted octanol–water partition coefficient (Wildman–Crippen LogP) is -4.00. The van der Waals surface area contributed by atoms with E-state index in [2.05, 4.69) is 25.6 Å². The smallest absolute Gasteiger partial charge is 0.731 e. The number of nitrogens with zero attached hydrogens (tertiary/aromatic N) is 3. The first kappa shape index (κ1) is 30.5. The summed E-state index contributed by atoms with van der Waals surface area (Å²) in [5.74, 6) is -4.28. The number of oxime groups is 1. The molecule has 1 aromatic heterocycles. The van der Waals surface area contributed by atoms with Crippen molar-refractivity contribution in [2.24, 2.45) is 5.16 Å². The van der Waals surface area contributed by atoms with Crippen LogP contribution in [0.2, 0.25) is 0 Å². The Morgan fingerprint density at radius 2 is 2.00 bits per heavy atom. The third kappa shape index (κ3) is 7.74. The van der Waals surface area contributed by atoms with Crippen LogP contribution in [-0.2, 0) is 39.1 Å². The van der Waals surface area contributed by atoms with Gasteiger partial charge in [0, 0.05) is 11.8 Å². The van der Waals surface area contributed by atoms with Gasteiger partial charge < -0.3 is 24.8 Å². The molecule has 1 saturated heterocycles. The van der Waals surface area contributed by atoms with Crippen molar-refractivity contribution < 1.29 is 71.3 Å². The summed E-state index contributed by atoms with van der Waals surface area (Å²) in [5, 5.41) is 9.66. The van der Waals surface area contributed by atoms with Crippen LogP contribution in [0.5, 0.6) is 0 Å². The number of β-lactam (4-membered cyclic amide) rings is 1. The summed E-state index contributed by atoms with van der Waals surface area (Å²) in [6.45, 7) is -0.364. The minimum Gasteiger partial charge on any atom is -0.731 e. The maximum Gasteiger partial charge on any atom is 1.00 e. The first-order chi connectivity index (χ1) is 15.5. The van der Waals surface area contributed by atoms with Gasteiger partial charge in [0.1, 0.15) is 30.6 Å². The van der Waals surface area contributed by atoms with Gasteiger partial charge in [-0.1, -0.05) is 5.16 Å². The normalized spacial score (nSPS) is 17.8. The molecule has 14 nitrogen and oxygen atoms in total. The second-order valence-corrected chi connectivity index (χ2v) is 8.74. The molecule has 3 amide bonds. The van der Waals surface area contributed by atoms with Crippen LogP contribution in [0.4, 0.5) is 5.13 Å². The zero-order valence-corrected chi connectivity index (χ0v) is 22.8. The number of carbonyl (C=O) groups excluding carboxylic acids is 4. The Labute approximate surface area is 229 Å². The number of rotatable bonds is 11. The molecule has 1 aromatic rings. The fourth-order valence-electron chi connectivity index (χ4n) is 2.67. The predicted molar refractivity (Wildman–Crippen MR) is 114 cm³/mol. The summed E-state index contributed by atoms with van der Waals surface area (Å²) in [6.07, 6.45) is -0.275. The molecular formula is C15H16Cl2N5NaO9S2. The zero-order valence-electron chi connectivity index (χ0n) is 17.6. The molecule has 2 heterocycles. The molecule has 2 rings (SSSR count). The van der Waals surface area contributed by atoms with Crippen LogP contribution < -0.4 is 40.2 Å². The molecule has 0 radical (unpaired) electrons. The number of hydrogen-bond donors (Lipinski definition) is 2. The van der Waals surface area contributed by atoms with E-state index in [1.165, 1.54) is 5.38 Å². The van der Waals surface area contributed by atoms with Crippen molar-refractivity contribution in [3.63, 3.8) is 0 Å². The van der Waals surface area contributed by atoms with Gasteiger partial charge in [-0.15, -0.1) is 34.5 Å². The molecule has 0 bridgehead atoms. The van der Waals surface area contributed by atoms with Crippen LogP contribution in [-0.4, -0.2) is 89.2 Å². The van der Waals surface area contributed by atoms with Crippen LogP contribution in [0.3, 0.4) is 0 Å². The van der Waals surface area contributed by atoms with E-state index in [0.717, 1.165) is 18.4 Å². The Balaban J connectivity index is 0.00000578. The van der Waals surface area contributed by atoms with Gasteiger partial charge in [0.15, 0.2) is 21.1 Å². The number of anilines is 1. The van der Waals surface area contributed by atoms with Crippen LogP contribution in [0.15, 0.2) is 10.5 Å². The monoisotopic (exact) mass is 567 g/mol. The van der Waals surface area contributed by atoms with E-state index >= 15 is 0 Å². The summed E-state index contributed by atoms with van der Waals surface area (Å²) < 4.78 is 39.0. The van der Waals surface area contributed by atoms with Crippen molar-refractivity contribution in [1.82, 2.24) is 14.6 Å². The molecule has 1 aliphatic rings. The third-order valence-corrected chi connectivity index (χ3v) is 6.15. The van der Waals surface area contributed by atoms with Crippen molar-refractivity contribution in [2.75, 3.05) is 30.8 Å². The van der Waals surface area contributed by atoms with Gasteiger partial charge in [-0.25, -0.2) is 17.7 Å². The van der Waals surface area contributed by atoms with E-state index in [1.54, 1.807) is 0 Å². The number of thiazole rings is 1. The van der Waals surface area contributed by atoms with Crippen molar-refractivity contribution in [1.29, 1.82) is 0 Å². The topological polar surface area (TPSA) is 196 Å². The van der Waals surface area contributed by atoms with E-state index in [1.807, 2.05) is 0 Å². The van der Waals surface area contributed by atoms with Crippen molar-refractivity contribution in [3.8, 4) is 0 Å². The van der Waals surface area contributed by atoms with E-state index in [0.29, 0.717) is 0 Å². The average Bonchev–Trinajstić information content (AvgIpc) is 3.21. The van der Waals surface area contributed by atoms with Crippen molar-refractivity contribution >= 4 is 79.4 Å². The Morgan fingerprint density at radius 3 is 2.56 bits per heavy atom. The molecule has 0 aromatic carbocycles. The second-order valence-electron chi connectivity index (χ2n) is 6.10. The molecular weight excluding hydrogens is 552 g/mol. The molecule has 0 aliphatic carbocycles. The number of hydrogen-bond acceptors (Lipinski definition) is 12. The quantitative estimate of drug-likeness (QED) is 0.0505. The first-order valence-corrected chi connectivity index (χ1v) is 12.1. The summed E-state index contributed by atoms with van der Waals surface area (Å²) in [5.41, 5.74) is -0.430. The number of ether oxygens (including phenoxy) is 1.